The van der Waals surface area contributed by atoms with Gasteiger partial charge in [-0.3, -0.25) is 9.35 Å². The lowest BCUT2D eigenvalue weighted by Gasteiger charge is -2.12. The van der Waals surface area contributed by atoms with Gasteiger partial charge < -0.3 is 10.1 Å². The Morgan fingerprint density at radius 2 is 1.97 bits per heavy atom. The summed E-state index contributed by atoms with van der Waals surface area (Å²) in [6.07, 6.45) is -2.93. The van der Waals surface area contributed by atoms with E-state index in [2.05, 4.69) is 20.3 Å². The molecule has 0 saturated carbocycles. The van der Waals surface area contributed by atoms with Gasteiger partial charge in [0, 0.05) is 39.5 Å². The van der Waals surface area contributed by atoms with Crippen molar-refractivity contribution in [2.45, 2.75) is 19.0 Å². The molecule has 33 heavy (non-hydrogen) atoms. The number of anilines is 2. The molecule has 0 aliphatic heterocycles. The van der Waals surface area contributed by atoms with Gasteiger partial charge in [-0.2, -0.15) is 18.2 Å². The van der Waals surface area contributed by atoms with Gasteiger partial charge in [-0.1, -0.05) is 12.1 Å². The lowest BCUT2D eigenvalue weighted by molar-refractivity contribution is -0.136. The average Bonchev–Trinajstić information content (AvgIpc) is 2.70. The molecule has 1 unspecified atom stereocenters. The van der Waals surface area contributed by atoms with E-state index in [0.717, 1.165) is 6.07 Å². The number of halogens is 4. The molecule has 3 N–H and O–H groups in total. The SMILES string of the molecule is CS(N)(=O)=Cc1cccc(Nc2ncnc(-c3ccc(F)cc3OCCCC(F)(F)F)n2)c1. The highest BCUT2D eigenvalue weighted by molar-refractivity contribution is 7.98. The number of aromatic nitrogens is 3. The molecule has 3 aromatic rings. The van der Waals surface area contributed by atoms with Crippen molar-refractivity contribution in [2.24, 2.45) is 5.14 Å². The summed E-state index contributed by atoms with van der Waals surface area (Å²) in [5, 5.41) is 10.00. The molecule has 3 rings (SSSR count). The molecule has 0 bridgehead atoms. The smallest absolute Gasteiger partial charge is 0.389 e. The molecular formula is C21H21F4N5O2S. The maximum atomic E-state index is 13.7. The van der Waals surface area contributed by atoms with Gasteiger partial charge in [-0.25, -0.2) is 14.4 Å². The normalized spacial score (nSPS) is 13.3. The third-order valence-electron chi connectivity index (χ3n) is 4.13. The Morgan fingerprint density at radius 3 is 2.70 bits per heavy atom. The second-order valence-electron chi connectivity index (χ2n) is 7.18. The lowest BCUT2D eigenvalue weighted by Crippen LogP contribution is -2.13. The van der Waals surface area contributed by atoms with Gasteiger partial charge in [0.1, 0.15) is 17.9 Å². The Kier molecular flexibility index (Phi) is 7.49. The van der Waals surface area contributed by atoms with Crippen molar-refractivity contribution in [2.75, 3.05) is 18.2 Å². The Balaban J connectivity index is 1.81. The number of rotatable bonds is 8. The molecule has 1 aromatic heterocycles. The fourth-order valence-electron chi connectivity index (χ4n) is 2.83. The fourth-order valence-corrected chi connectivity index (χ4v) is 3.52. The van der Waals surface area contributed by atoms with Crippen LogP contribution in [0.25, 0.3) is 11.4 Å². The first-order valence-corrected chi connectivity index (χ1v) is 11.8. The van der Waals surface area contributed by atoms with Gasteiger partial charge in [-0.15, -0.1) is 0 Å². The van der Waals surface area contributed by atoms with E-state index in [-0.39, 0.29) is 30.5 Å². The van der Waals surface area contributed by atoms with Crippen molar-refractivity contribution >= 4 is 26.7 Å². The largest absolute Gasteiger partial charge is 0.493 e. The van der Waals surface area contributed by atoms with Crippen LogP contribution < -0.4 is 15.2 Å². The number of nitrogens with zero attached hydrogens (tertiary/aromatic N) is 3. The van der Waals surface area contributed by atoms with Crippen LogP contribution in [0.4, 0.5) is 29.2 Å². The van der Waals surface area contributed by atoms with Crippen LogP contribution in [0.3, 0.4) is 0 Å². The Bertz CT molecular complexity index is 1240. The van der Waals surface area contributed by atoms with E-state index in [1.165, 1.54) is 30.1 Å². The summed E-state index contributed by atoms with van der Waals surface area (Å²) in [6, 6.07) is 10.5. The molecular weight excluding hydrogens is 462 g/mol. The van der Waals surface area contributed by atoms with E-state index in [1.807, 2.05) is 0 Å². The summed E-state index contributed by atoms with van der Waals surface area (Å²) < 4.78 is 68.0. The number of hydrogen-bond donors (Lipinski definition) is 2. The molecule has 12 heteroatoms. The summed E-state index contributed by atoms with van der Waals surface area (Å²) in [4.78, 5) is 12.4. The van der Waals surface area contributed by atoms with Crippen LogP contribution in [0.15, 0.2) is 48.8 Å². The minimum atomic E-state index is -4.30. The van der Waals surface area contributed by atoms with Crippen LogP contribution in [-0.2, 0) is 9.71 Å². The van der Waals surface area contributed by atoms with E-state index in [4.69, 9.17) is 9.88 Å². The Morgan fingerprint density at radius 1 is 1.18 bits per heavy atom. The van der Waals surface area contributed by atoms with E-state index >= 15 is 0 Å². The van der Waals surface area contributed by atoms with Crippen molar-refractivity contribution in [3.05, 3.63) is 60.2 Å². The van der Waals surface area contributed by atoms with Crippen molar-refractivity contribution in [3.8, 4) is 17.1 Å². The molecule has 0 radical (unpaired) electrons. The summed E-state index contributed by atoms with van der Waals surface area (Å²) in [5.41, 5.74) is 1.52. The first-order chi connectivity index (χ1) is 15.5. The number of nitrogens with one attached hydrogen (secondary N) is 1. The predicted octanol–water partition coefficient (Wildman–Crippen LogP) is 4.08. The quantitative estimate of drug-likeness (QED) is 0.284. The van der Waals surface area contributed by atoms with Gasteiger partial charge in [-0.05, 0) is 36.2 Å². The van der Waals surface area contributed by atoms with Gasteiger partial charge in [0.25, 0.3) is 0 Å². The molecule has 0 aliphatic rings. The zero-order chi connectivity index (χ0) is 24.1. The zero-order valence-corrected chi connectivity index (χ0v) is 18.3. The van der Waals surface area contributed by atoms with Gasteiger partial charge in [0.15, 0.2) is 5.82 Å². The second kappa shape index (κ2) is 10.1. The summed E-state index contributed by atoms with van der Waals surface area (Å²) in [5.74, 6) is -0.293. The number of alkyl halides is 3. The van der Waals surface area contributed by atoms with Gasteiger partial charge in [0.2, 0.25) is 5.95 Å². The number of hydrogen-bond acceptors (Lipinski definition) is 6. The van der Waals surface area contributed by atoms with Crippen molar-refractivity contribution in [1.29, 1.82) is 0 Å². The Labute approximate surface area is 188 Å². The highest BCUT2D eigenvalue weighted by atomic mass is 32.2. The molecule has 0 amide bonds. The van der Waals surface area contributed by atoms with E-state index in [0.29, 0.717) is 16.8 Å². The third-order valence-corrected chi connectivity index (χ3v) is 4.87. The minimum Gasteiger partial charge on any atom is -0.493 e. The topological polar surface area (TPSA) is 103 Å². The van der Waals surface area contributed by atoms with E-state index in [9.17, 15) is 21.8 Å². The zero-order valence-electron chi connectivity index (χ0n) is 17.5. The highest BCUT2D eigenvalue weighted by Crippen LogP contribution is 2.30. The molecule has 0 spiro atoms. The third kappa shape index (κ3) is 7.99. The lowest BCUT2D eigenvalue weighted by atomic mass is 10.2. The van der Waals surface area contributed by atoms with Crippen LogP contribution in [0.5, 0.6) is 5.75 Å². The van der Waals surface area contributed by atoms with Gasteiger partial charge in [0.05, 0.1) is 12.2 Å². The highest BCUT2D eigenvalue weighted by Gasteiger charge is 2.26. The van der Waals surface area contributed by atoms with Crippen molar-refractivity contribution in [3.63, 3.8) is 0 Å². The van der Waals surface area contributed by atoms with Crippen LogP contribution >= 0.6 is 0 Å². The van der Waals surface area contributed by atoms with Crippen LogP contribution in [-0.4, -0.2) is 43.6 Å². The minimum absolute atomic E-state index is 0.0200. The predicted molar refractivity (Wildman–Crippen MR) is 119 cm³/mol. The number of ether oxygens (including phenoxy) is 1. The fraction of sp³-hybridized carbons (Fsp3) is 0.238. The maximum Gasteiger partial charge on any atom is 0.389 e. The second-order valence-corrected chi connectivity index (χ2v) is 9.34. The van der Waals surface area contributed by atoms with Crippen LogP contribution in [0, 0.1) is 5.82 Å². The average molecular weight is 483 g/mol. The molecule has 1 heterocycles. The maximum absolute atomic E-state index is 13.7. The van der Waals surface area contributed by atoms with E-state index < -0.39 is 28.1 Å². The van der Waals surface area contributed by atoms with E-state index in [1.54, 1.807) is 24.3 Å². The molecule has 176 valence electrons. The molecule has 0 aliphatic carbocycles. The van der Waals surface area contributed by atoms with Crippen LogP contribution in [0.2, 0.25) is 0 Å². The monoisotopic (exact) mass is 483 g/mol. The molecule has 1 atom stereocenters. The summed E-state index contributed by atoms with van der Waals surface area (Å²) in [7, 11) is -2.59. The molecule has 7 nitrogen and oxygen atoms in total. The first-order valence-electron chi connectivity index (χ1n) is 9.66. The van der Waals surface area contributed by atoms with Crippen molar-refractivity contribution < 1.29 is 26.5 Å². The number of benzene rings is 2. The molecule has 2 aromatic carbocycles. The van der Waals surface area contributed by atoms with Gasteiger partial charge >= 0.3 is 6.18 Å². The number of nitrogens with two attached hydrogens (primary N) is 1. The van der Waals surface area contributed by atoms with Crippen LogP contribution in [0.1, 0.15) is 18.4 Å². The molecule has 0 fully saturated rings. The van der Waals surface area contributed by atoms with Crippen molar-refractivity contribution in [1.82, 2.24) is 15.0 Å². The first kappa shape index (κ1) is 24.4. The molecule has 0 saturated heterocycles. The standard InChI is InChI=1S/C21H21F4N5O2S/c1-33(26,31)12-14-4-2-5-16(10-14)29-20-28-13-27-19(30-20)17-7-6-15(22)11-18(17)32-9-3-8-21(23,24)25/h2,4-7,10-13H,3,8-9H2,1H3,(H2,26,31)(H,27,28,29,30). The Hall–Kier alpha value is -3.25. The summed E-state index contributed by atoms with van der Waals surface area (Å²) in [6.45, 7) is -0.253. The summed E-state index contributed by atoms with van der Waals surface area (Å²) >= 11 is 0.